The van der Waals surface area contributed by atoms with Crippen molar-refractivity contribution in [2.75, 3.05) is 0 Å². The summed E-state index contributed by atoms with van der Waals surface area (Å²) in [6.45, 7) is 1.97. The first-order valence-corrected chi connectivity index (χ1v) is 7.06. The van der Waals surface area contributed by atoms with Crippen LogP contribution in [-0.4, -0.2) is 27.8 Å². The Morgan fingerprint density at radius 3 is 2.52 bits per heavy atom. The highest BCUT2D eigenvalue weighted by Gasteiger charge is 2.38. The first kappa shape index (κ1) is 15.5. The van der Waals surface area contributed by atoms with E-state index in [4.69, 9.17) is 4.52 Å². The van der Waals surface area contributed by atoms with Gasteiger partial charge in [0.15, 0.2) is 5.82 Å². The van der Waals surface area contributed by atoms with Crippen molar-refractivity contribution in [3.05, 3.63) is 35.7 Å². The predicted molar refractivity (Wildman–Crippen MR) is 74.6 cm³/mol. The molecule has 23 heavy (non-hydrogen) atoms. The summed E-state index contributed by atoms with van der Waals surface area (Å²) in [7, 11) is 0. The molecule has 1 aromatic carbocycles. The molecule has 1 saturated carbocycles. The van der Waals surface area contributed by atoms with E-state index in [1.54, 1.807) is 24.3 Å². The van der Waals surface area contributed by atoms with Crippen molar-refractivity contribution in [2.24, 2.45) is 0 Å². The summed E-state index contributed by atoms with van der Waals surface area (Å²) < 4.78 is 41.6. The number of rotatable bonds is 4. The lowest BCUT2D eigenvalue weighted by Crippen LogP contribution is -2.34. The third kappa shape index (κ3) is 3.88. The topological polar surface area (TPSA) is 68.0 Å². The maximum absolute atomic E-state index is 12.3. The smallest absolute Gasteiger partial charge is 0.347 e. The SMILES string of the molecule is CC1(NC(=O)c2ccc(-c3nc(CC(F)(F)F)no3)cc2)CC1. The van der Waals surface area contributed by atoms with Gasteiger partial charge in [0.05, 0.1) is 0 Å². The molecule has 0 atom stereocenters. The second-order valence-electron chi connectivity index (χ2n) is 5.90. The average Bonchev–Trinajstić information content (AvgIpc) is 3.01. The van der Waals surface area contributed by atoms with Gasteiger partial charge in [-0.3, -0.25) is 4.79 Å². The minimum atomic E-state index is -4.39. The first-order valence-electron chi connectivity index (χ1n) is 7.06. The summed E-state index contributed by atoms with van der Waals surface area (Å²) in [4.78, 5) is 15.7. The van der Waals surface area contributed by atoms with Crippen LogP contribution in [0.3, 0.4) is 0 Å². The van der Waals surface area contributed by atoms with Crippen LogP contribution in [0.15, 0.2) is 28.8 Å². The van der Waals surface area contributed by atoms with Crippen LogP contribution in [0.25, 0.3) is 11.5 Å². The Morgan fingerprint density at radius 2 is 1.96 bits per heavy atom. The number of nitrogens with zero attached hydrogens (tertiary/aromatic N) is 2. The number of aromatic nitrogens is 2. The zero-order chi connectivity index (χ0) is 16.7. The zero-order valence-corrected chi connectivity index (χ0v) is 12.3. The van der Waals surface area contributed by atoms with Crippen molar-refractivity contribution in [3.63, 3.8) is 0 Å². The summed E-state index contributed by atoms with van der Waals surface area (Å²) in [6, 6.07) is 6.28. The van der Waals surface area contributed by atoms with Crippen LogP contribution in [-0.2, 0) is 6.42 Å². The van der Waals surface area contributed by atoms with Gasteiger partial charge in [-0.15, -0.1) is 0 Å². The number of carbonyl (C=O) groups excluding carboxylic acids is 1. The molecular formula is C15H14F3N3O2. The molecule has 1 amide bonds. The highest BCUT2D eigenvalue weighted by Crippen LogP contribution is 2.34. The number of nitrogens with one attached hydrogen (secondary N) is 1. The van der Waals surface area contributed by atoms with E-state index in [1.165, 1.54) is 0 Å². The van der Waals surface area contributed by atoms with Crippen LogP contribution in [0.4, 0.5) is 13.2 Å². The van der Waals surface area contributed by atoms with E-state index < -0.39 is 18.4 Å². The number of hydrogen-bond donors (Lipinski definition) is 1. The van der Waals surface area contributed by atoms with E-state index in [0.29, 0.717) is 11.1 Å². The second-order valence-corrected chi connectivity index (χ2v) is 5.90. The highest BCUT2D eigenvalue weighted by atomic mass is 19.4. The van der Waals surface area contributed by atoms with E-state index in [9.17, 15) is 18.0 Å². The maximum Gasteiger partial charge on any atom is 0.396 e. The van der Waals surface area contributed by atoms with Gasteiger partial charge in [0.1, 0.15) is 6.42 Å². The molecule has 0 spiro atoms. The summed E-state index contributed by atoms with van der Waals surface area (Å²) in [6.07, 6.45) is -3.71. The molecule has 1 aliphatic rings. The van der Waals surface area contributed by atoms with Crippen molar-refractivity contribution in [1.82, 2.24) is 15.5 Å². The van der Waals surface area contributed by atoms with E-state index in [1.807, 2.05) is 6.92 Å². The van der Waals surface area contributed by atoms with Crippen molar-refractivity contribution < 1.29 is 22.5 Å². The Bertz CT molecular complexity index is 718. The van der Waals surface area contributed by atoms with Crippen LogP contribution in [0, 0.1) is 0 Å². The van der Waals surface area contributed by atoms with E-state index in [0.717, 1.165) is 12.8 Å². The normalized spacial score (nSPS) is 16.2. The van der Waals surface area contributed by atoms with Crippen molar-refractivity contribution in [3.8, 4) is 11.5 Å². The molecule has 1 aliphatic carbocycles. The standard InChI is InChI=1S/C15H14F3N3O2/c1-14(6-7-14)20-12(22)9-2-4-10(5-3-9)13-19-11(21-23-13)8-15(16,17)18/h2-5H,6-8H2,1H3,(H,20,22). The summed E-state index contributed by atoms with van der Waals surface area (Å²) in [5.74, 6) is -0.610. The Morgan fingerprint density at radius 1 is 1.30 bits per heavy atom. The fraction of sp³-hybridized carbons (Fsp3) is 0.400. The molecule has 0 bridgehead atoms. The Hall–Kier alpha value is -2.38. The fourth-order valence-electron chi connectivity index (χ4n) is 2.05. The maximum atomic E-state index is 12.3. The number of amides is 1. The quantitative estimate of drug-likeness (QED) is 0.938. The minimum Gasteiger partial charge on any atom is -0.347 e. The Kier molecular flexibility index (Phi) is 3.62. The number of benzene rings is 1. The van der Waals surface area contributed by atoms with Crippen molar-refractivity contribution >= 4 is 5.91 Å². The van der Waals surface area contributed by atoms with Crippen LogP contribution < -0.4 is 5.32 Å². The lowest BCUT2D eigenvalue weighted by Gasteiger charge is -2.11. The molecule has 2 aromatic rings. The monoisotopic (exact) mass is 325 g/mol. The first-order chi connectivity index (χ1) is 10.7. The van der Waals surface area contributed by atoms with Gasteiger partial charge in [-0.25, -0.2) is 0 Å². The molecule has 0 radical (unpaired) electrons. The van der Waals surface area contributed by atoms with Gasteiger partial charge in [0.2, 0.25) is 0 Å². The molecule has 0 unspecified atom stereocenters. The molecule has 5 nitrogen and oxygen atoms in total. The summed E-state index contributed by atoms with van der Waals surface area (Å²) in [5, 5.41) is 6.23. The van der Waals surface area contributed by atoms with Gasteiger partial charge in [-0.1, -0.05) is 5.16 Å². The van der Waals surface area contributed by atoms with E-state index in [2.05, 4.69) is 15.5 Å². The molecule has 0 saturated heterocycles. The van der Waals surface area contributed by atoms with Gasteiger partial charge < -0.3 is 9.84 Å². The zero-order valence-electron chi connectivity index (χ0n) is 12.3. The Labute approximate surface area is 129 Å². The minimum absolute atomic E-state index is 0.00892. The molecule has 1 heterocycles. The Balaban J connectivity index is 1.71. The number of carbonyl (C=O) groups is 1. The van der Waals surface area contributed by atoms with E-state index in [-0.39, 0.29) is 17.3 Å². The predicted octanol–water partition coefficient (Wildman–Crippen LogP) is 3.12. The van der Waals surface area contributed by atoms with Gasteiger partial charge in [-0.2, -0.15) is 18.2 Å². The van der Waals surface area contributed by atoms with Gasteiger partial charge >= 0.3 is 6.18 Å². The summed E-state index contributed by atoms with van der Waals surface area (Å²) in [5.41, 5.74) is 0.811. The van der Waals surface area contributed by atoms with Crippen molar-refractivity contribution in [1.29, 1.82) is 0 Å². The molecule has 122 valence electrons. The lowest BCUT2D eigenvalue weighted by molar-refractivity contribution is -0.128. The van der Waals surface area contributed by atoms with E-state index >= 15 is 0 Å². The molecule has 1 aromatic heterocycles. The highest BCUT2D eigenvalue weighted by molar-refractivity contribution is 5.95. The fourth-order valence-corrected chi connectivity index (χ4v) is 2.05. The number of halogens is 3. The molecule has 0 aliphatic heterocycles. The third-order valence-corrected chi connectivity index (χ3v) is 3.64. The van der Waals surface area contributed by atoms with Gasteiger partial charge in [0.25, 0.3) is 11.8 Å². The van der Waals surface area contributed by atoms with Gasteiger partial charge in [-0.05, 0) is 44.0 Å². The second kappa shape index (κ2) is 5.36. The molecule has 3 rings (SSSR count). The van der Waals surface area contributed by atoms with Gasteiger partial charge in [0, 0.05) is 16.7 Å². The van der Waals surface area contributed by atoms with Crippen molar-refractivity contribution in [2.45, 2.75) is 37.9 Å². The van der Waals surface area contributed by atoms with Crippen LogP contribution in [0.5, 0.6) is 0 Å². The summed E-state index contributed by atoms with van der Waals surface area (Å²) >= 11 is 0. The third-order valence-electron chi connectivity index (χ3n) is 3.64. The number of alkyl halides is 3. The van der Waals surface area contributed by atoms with Crippen LogP contribution in [0.1, 0.15) is 35.9 Å². The number of hydrogen-bond acceptors (Lipinski definition) is 4. The van der Waals surface area contributed by atoms with Crippen LogP contribution >= 0.6 is 0 Å². The molecule has 1 fully saturated rings. The average molecular weight is 325 g/mol. The molecule has 8 heteroatoms. The largest absolute Gasteiger partial charge is 0.396 e. The van der Waals surface area contributed by atoms with Crippen LogP contribution in [0.2, 0.25) is 0 Å². The lowest BCUT2D eigenvalue weighted by atomic mass is 10.1. The molecular weight excluding hydrogens is 311 g/mol. The molecule has 1 N–H and O–H groups in total.